The van der Waals surface area contributed by atoms with Crippen LogP contribution in [0.5, 0.6) is 0 Å². The van der Waals surface area contributed by atoms with Crippen molar-refractivity contribution >= 4 is 17.5 Å². The summed E-state index contributed by atoms with van der Waals surface area (Å²) in [7, 11) is 0. The number of likely N-dealkylation sites (tertiary alicyclic amines) is 2. The zero-order chi connectivity index (χ0) is 13.4. The first-order valence-corrected chi connectivity index (χ1v) is 7.02. The van der Waals surface area contributed by atoms with E-state index in [-0.39, 0.29) is 16.5 Å². The minimum Gasteiger partial charge on any atom is -0.335 e. The van der Waals surface area contributed by atoms with Crippen molar-refractivity contribution in [3.05, 3.63) is 34.6 Å². The van der Waals surface area contributed by atoms with Gasteiger partial charge in [-0.2, -0.15) is 0 Å². The summed E-state index contributed by atoms with van der Waals surface area (Å²) in [4.78, 5) is 16.3. The Morgan fingerprint density at radius 2 is 1.95 bits per heavy atom. The monoisotopic (exact) mass is 282 g/mol. The van der Waals surface area contributed by atoms with E-state index in [4.69, 9.17) is 11.6 Å². The van der Waals surface area contributed by atoms with Crippen LogP contribution in [0.25, 0.3) is 0 Å². The Hall–Kier alpha value is -1.13. The average Bonchev–Trinajstić information content (AvgIpc) is 2.80. The molecule has 0 N–H and O–H groups in total. The van der Waals surface area contributed by atoms with Gasteiger partial charge in [0.2, 0.25) is 0 Å². The zero-order valence-electron chi connectivity index (χ0n) is 10.6. The number of amides is 1. The van der Waals surface area contributed by atoms with Gasteiger partial charge in [-0.3, -0.25) is 9.69 Å². The van der Waals surface area contributed by atoms with Gasteiger partial charge in [0.25, 0.3) is 5.91 Å². The lowest BCUT2D eigenvalue weighted by Gasteiger charge is -2.44. The Labute approximate surface area is 116 Å². The van der Waals surface area contributed by atoms with Gasteiger partial charge in [0.15, 0.2) is 0 Å². The van der Waals surface area contributed by atoms with Gasteiger partial charge in [0, 0.05) is 19.1 Å². The molecule has 102 valence electrons. The summed E-state index contributed by atoms with van der Waals surface area (Å²) in [6.45, 7) is 3.60. The van der Waals surface area contributed by atoms with Gasteiger partial charge in [-0.1, -0.05) is 17.7 Å². The molecule has 0 saturated carbocycles. The van der Waals surface area contributed by atoms with Crippen molar-refractivity contribution in [3.8, 4) is 0 Å². The van der Waals surface area contributed by atoms with Crippen LogP contribution in [-0.2, 0) is 0 Å². The fourth-order valence-electron chi connectivity index (χ4n) is 2.82. The molecule has 0 spiro atoms. The number of carbonyl (C=O) groups excluding carboxylic acids is 1. The molecule has 5 heteroatoms. The van der Waals surface area contributed by atoms with E-state index < -0.39 is 5.82 Å². The fraction of sp³-hybridized carbons (Fsp3) is 0.500. The smallest absolute Gasteiger partial charge is 0.258 e. The van der Waals surface area contributed by atoms with Crippen molar-refractivity contribution in [1.82, 2.24) is 9.80 Å². The molecule has 2 aliphatic rings. The van der Waals surface area contributed by atoms with Crippen LogP contribution in [0.2, 0.25) is 5.02 Å². The second-order valence-electron chi connectivity index (χ2n) is 5.20. The molecule has 0 unspecified atom stereocenters. The highest BCUT2D eigenvalue weighted by atomic mass is 35.5. The van der Waals surface area contributed by atoms with E-state index in [0.717, 1.165) is 13.1 Å². The summed E-state index contributed by atoms with van der Waals surface area (Å²) in [5.41, 5.74) is 0.00374. The Morgan fingerprint density at radius 1 is 1.26 bits per heavy atom. The molecule has 0 atom stereocenters. The van der Waals surface area contributed by atoms with Crippen LogP contribution in [0.3, 0.4) is 0 Å². The van der Waals surface area contributed by atoms with Crippen molar-refractivity contribution in [2.75, 3.05) is 26.2 Å². The number of hydrogen-bond acceptors (Lipinski definition) is 2. The molecule has 2 heterocycles. The van der Waals surface area contributed by atoms with Crippen molar-refractivity contribution < 1.29 is 9.18 Å². The number of carbonyl (C=O) groups is 1. The highest BCUT2D eigenvalue weighted by Gasteiger charge is 2.37. The molecule has 0 aromatic heterocycles. The molecule has 1 aromatic rings. The van der Waals surface area contributed by atoms with E-state index in [1.807, 2.05) is 0 Å². The molecule has 1 amide bonds. The first-order chi connectivity index (χ1) is 9.16. The third-order valence-electron chi connectivity index (χ3n) is 3.98. The molecule has 0 aliphatic carbocycles. The van der Waals surface area contributed by atoms with Gasteiger partial charge < -0.3 is 4.90 Å². The summed E-state index contributed by atoms with van der Waals surface area (Å²) in [5.74, 6) is -0.833. The fourth-order valence-corrected chi connectivity index (χ4v) is 3.06. The molecule has 3 nitrogen and oxygen atoms in total. The van der Waals surface area contributed by atoms with Crippen LogP contribution < -0.4 is 0 Å². The maximum absolute atomic E-state index is 13.7. The van der Waals surface area contributed by atoms with Crippen LogP contribution in [-0.4, -0.2) is 47.9 Å². The standard InChI is InChI=1S/C14H16ClFN2O/c15-11-4-3-5-12(16)13(11)14(19)18-8-10(9-18)17-6-1-2-7-17/h3-5,10H,1-2,6-9H2. The third-order valence-corrected chi connectivity index (χ3v) is 4.30. The number of hydrogen-bond donors (Lipinski definition) is 0. The van der Waals surface area contributed by atoms with E-state index >= 15 is 0 Å². The number of nitrogens with zero attached hydrogens (tertiary/aromatic N) is 2. The highest BCUT2D eigenvalue weighted by Crippen LogP contribution is 2.26. The molecule has 3 rings (SSSR count). The van der Waals surface area contributed by atoms with E-state index in [1.165, 1.54) is 25.0 Å². The lowest BCUT2D eigenvalue weighted by Crippen LogP contribution is -2.60. The quantitative estimate of drug-likeness (QED) is 0.832. The largest absolute Gasteiger partial charge is 0.335 e. The minimum absolute atomic E-state index is 0.00374. The van der Waals surface area contributed by atoms with Crippen LogP contribution in [0, 0.1) is 5.82 Å². The number of halogens is 2. The van der Waals surface area contributed by atoms with Crippen LogP contribution in [0.4, 0.5) is 4.39 Å². The summed E-state index contributed by atoms with van der Waals surface area (Å²) < 4.78 is 13.7. The van der Waals surface area contributed by atoms with Crippen molar-refractivity contribution in [3.63, 3.8) is 0 Å². The summed E-state index contributed by atoms with van der Waals surface area (Å²) in [5, 5.41) is 0.189. The Kier molecular flexibility index (Phi) is 3.46. The van der Waals surface area contributed by atoms with Gasteiger partial charge in [0.1, 0.15) is 5.82 Å². The molecular formula is C14H16ClFN2O. The molecule has 19 heavy (non-hydrogen) atoms. The Morgan fingerprint density at radius 3 is 2.58 bits per heavy atom. The van der Waals surface area contributed by atoms with Gasteiger partial charge >= 0.3 is 0 Å². The van der Waals surface area contributed by atoms with Crippen molar-refractivity contribution in [2.24, 2.45) is 0 Å². The van der Waals surface area contributed by atoms with Gasteiger partial charge in [0.05, 0.1) is 10.6 Å². The van der Waals surface area contributed by atoms with Crippen LogP contribution in [0.15, 0.2) is 18.2 Å². The molecule has 0 radical (unpaired) electrons. The summed E-state index contributed by atoms with van der Waals surface area (Å²) >= 11 is 5.92. The maximum Gasteiger partial charge on any atom is 0.258 e. The second kappa shape index (κ2) is 5.10. The molecule has 0 bridgehead atoms. The van der Waals surface area contributed by atoms with Gasteiger partial charge in [-0.25, -0.2) is 4.39 Å². The second-order valence-corrected chi connectivity index (χ2v) is 5.61. The highest BCUT2D eigenvalue weighted by molar-refractivity contribution is 6.33. The predicted octanol–water partition coefficient (Wildman–Crippen LogP) is 2.40. The zero-order valence-corrected chi connectivity index (χ0v) is 11.4. The Bertz CT molecular complexity index is 476. The van der Waals surface area contributed by atoms with E-state index in [0.29, 0.717) is 19.1 Å². The molecular weight excluding hydrogens is 267 g/mol. The van der Waals surface area contributed by atoms with Gasteiger partial charge in [-0.05, 0) is 38.1 Å². The first-order valence-electron chi connectivity index (χ1n) is 6.64. The predicted molar refractivity (Wildman–Crippen MR) is 71.9 cm³/mol. The summed E-state index contributed by atoms with van der Waals surface area (Å²) in [6, 6.07) is 4.78. The minimum atomic E-state index is -0.540. The summed E-state index contributed by atoms with van der Waals surface area (Å²) in [6.07, 6.45) is 2.48. The SMILES string of the molecule is O=C(c1c(F)cccc1Cl)N1CC(N2CCCC2)C1. The van der Waals surface area contributed by atoms with Crippen molar-refractivity contribution in [2.45, 2.75) is 18.9 Å². The maximum atomic E-state index is 13.7. The topological polar surface area (TPSA) is 23.6 Å². The van der Waals surface area contributed by atoms with Crippen LogP contribution in [0.1, 0.15) is 23.2 Å². The van der Waals surface area contributed by atoms with E-state index in [9.17, 15) is 9.18 Å². The van der Waals surface area contributed by atoms with Crippen LogP contribution >= 0.6 is 11.6 Å². The third kappa shape index (κ3) is 2.35. The normalized spacial score (nSPS) is 20.6. The number of rotatable bonds is 2. The van der Waals surface area contributed by atoms with E-state index in [2.05, 4.69) is 4.90 Å². The lowest BCUT2D eigenvalue weighted by molar-refractivity contribution is 0.0330. The number of benzene rings is 1. The molecule has 2 aliphatic heterocycles. The van der Waals surface area contributed by atoms with Crippen molar-refractivity contribution in [1.29, 1.82) is 0 Å². The lowest BCUT2D eigenvalue weighted by atomic mass is 10.0. The average molecular weight is 283 g/mol. The molecule has 1 aromatic carbocycles. The molecule has 2 fully saturated rings. The Balaban J connectivity index is 1.66. The molecule has 2 saturated heterocycles. The van der Waals surface area contributed by atoms with E-state index in [1.54, 1.807) is 11.0 Å². The first kappa shape index (κ1) is 12.9. The van der Waals surface area contributed by atoms with Gasteiger partial charge in [-0.15, -0.1) is 0 Å².